The van der Waals surface area contributed by atoms with Crippen molar-refractivity contribution in [3.63, 3.8) is 0 Å². The molecular weight excluding hydrogens is 384 g/mol. The summed E-state index contributed by atoms with van der Waals surface area (Å²) in [6.45, 7) is 4.35. The number of ether oxygens (including phenoxy) is 2. The van der Waals surface area contributed by atoms with E-state index in [2.05, 4.69) is 10.3 Å². The average molecular weight is 405 g/mol. The van der Waals surface area contributed by atoms with Crippen LogP contribution in [-0.2, 0) is 4.79 Å². The normalized spacial score (nSPS) is 10.8. The van der Waals surface area contributed by atoms with Crippen molar-refractivity contribution in [2.75, 3.05) is 19.0 Å². The van der Waals surface area contributed by atoms with Gasteiger partial charge < -0.3 is 14.8 Å². The quantitative estimate of drug-likeness (QED) is 0.537. The Hall–Kier alpha value is -2.31. The van der Waals surface area contributed by atoms with Crippen molar-refractivity contribution in [2.45, 2.75) is 26.7 Å². The highest BCUT2D eigenvalue weighted by atomic mass is 35.5. The van der Waals surface area contributed by atoms with Gasteiger partial charge in [-0.25, -0.2) is 4.98 Å². The monoisotopic (exact) mass is 404 g/mol. The molecule has 5 nitrogen and oxygen atoms in total. The van der Waals surface area contributed by atoms with E-state index in [4.69, 9.17) is 21.1 Å². The fourth-order valence-electron chi connectivity index (χ4n) is 2.74. The summed E-state index contributed by atoms with van der Waals surface area (Å²) in [7, 11) is 1.61. The Kier molecular flexibility index (Phi) is 6.19. The SMILES string of the molecule is COc1cccc2sc(NC(=O)CCCOc3cc(C)c(Cl)c(C)c3)nc12. The molecule has 142 valence electrons. The van der Waals surface area contributed by atoms with Gasteiger partial charge in [0, 0.05) is 11.4 Å². The van der Waals surface area contributed by atoms with Gasteiger partial charge in [-0.1, -0.05) is 29.0 Å². The number of hydrogen-bond donors (Lipinski definition) is 1. The zero-order valence-electron chi connectivity index (χ0n) is 15.5. The van der Waals surface area contributed by atoms with Gasteiger partial charge in [0.05, 0.1) is 18.4 Å². The fraction of sp³-hybridized carbons (Fsp3) is 0.300. The second kappa shape index (κ2) is 8.59. The topological polar surface area (TPSA) is 60.5 Å². The van der Waals surface area contributed by atoms with Gasteiger partial charge in [0.15, 0.2) is 5.13 Å². The third kappa shape index (κ3) is 4.70. The summed E-state index contributed by atoms with van der Waals surface area (Å²) in [5, 5.41) is 4.18. The minimum Gasteiger partial charge on any atom is -0.494 e. The summed E-state index contributed by atoms with van der Waals surface area (Å²) in [5.74, 6) is 1.39. The molecule has 1 aromatic heterocycles. The van der Waals surface area contributed by atoms with Gasteiger partial charge in [-0.3, -0.25) is 4.79 Å². The minimum absolute atomic E-state index is 0.0832. The van der Waals surface area contributed by atoms with Crippen LogP contribution in [0.5, 0.6) is 11.5 Å². The lowest BCUT2D eigenvalue weighted by Gasteiger charge is -2.09. The molecule has 0 aliphatic heterocycles. The first-order valence-corrected chi connectivity index (χ1v) is 9.80. The first-order chi connectivity index (χ1) is 13.0. The average Bonchev–Trinajstić information content (AvgIpc) is 3.05. The molecule has 7 heteroatoms. The van der Waals surface area contributed by atoms with Crippen molar-refractivity contribution < 1.29 is 14.3 Å². The van der Waals surface area contributed by atoms with Crippen LogP contribution in [-0.4, -0.2) is 24.6 Å². The number of para-hydroxylation sites is 1. The number of methoxy groups -OCH3 is 1. The van der Waals surface area contributed by atoms with Crippen LogP contribution in [0.2, 0.25) is 5.02 Å². The predicted molar refractivity (Wildman–Crippen MR) is 110 cm³/mol. The first-order valence-electron chi connectivity index (χ1n) is 8.61. The van der Waals surface area contributed by atoms with Crippen molar-refractivity contribution in [2.24, 2.45) is 0 Å². The highest BCUT2D eigenvalue weighted by Crippen LogP contribution is 2.32. The van der Waals surface area contributed by atoms with Crippen molar-refractivity contribution in [3.8, 4) is 11.5 Å². The van der Waals surface area contributed by atoms with Crippen LogP contribution in [0.15, 0.2) is 30.3 Å². The van der Waals surface area contributed by atoms with Gasteiger partial charge in [-0.05, 0) is 55.7 Å². The number of fused-ring (bicyclic) bond motifs is 1. The molecule has 0 atom stereocenters. The zero-order valence-corrected chi connectivity index (χ0v) is 17.0. The number of nitrogens with one attached hydrogen (secondary N) is 1. The van der Waals surface area contributed by atoms with Gasteiger partial charge in [0.2, 0.25) is 5.91 Å². The third-order valence-electron chi connectivity index (χ3n) is 4.08. The number of aryl methyl sites for hydroxylation is 2. The van der Waals surface area contributed by atoms with E-state index < -0.39 is 0 Å². The van der Waals surface area contributed by atoms with Crippen LogP contribution in [0.1, 0.15) is 24.0 Å². The molecule has 0 radical (unpaired) electrons. The van der Waals surface area contributed by atoms with Gasteiger partial charge in [0.25, 0.3) is 0 Å². The van der Waals surface area contributed by atoms with E-state index in [0.717, 1.165) is 32.1 Å². The smallest absolute Gasteiger partial charge is 0.226 e. The van der Waals surface area contributed by atoms with Crippen molar-refractivity contribution in [1.82, 2.24) is 4.98 Å². The van der Waals surface area contributed by atoms with Crippen molar-refractivity contribution in [1.29, 1.82) is 0 Å². The van der Waals surface area contributed by atoms with E-state index in [9.17, 15) is 4.79 Å². The molecule has 1 heterocycles. The van der Waals surface area contributed by atoms with Gasteiger partial charge >= 0.3 is 0 Å². The lowest BCUT2D eigenvalue weighted by Crippen LogP contribution is -2.12. The Balaban J connectivity index is 1.50. The maximum Gasteiger partial charge on any atom is 0.226 e. The summed E-state index contributed by atoms with van der Waals surface area (Å²) >= 11 is 7.59. The highest BCUT2D eigenvalue weighted by molar-refractivity contribution is 7.22. The molecule has 27 heavy (non-hydrogen) atoms. The maximum absolute atomic E-state index is 12.2. The van der Waals surface area contributed by atoms with Crippen molar-refractivity contribution >= 4 is 44.2 Å². The Morgan fingerprint density at radius 1 is 1.26 bits per heavy atom. The van der Waals surface area contributed by atoms with Crippen LogP contribution in [0.25, 0.3) is 10.2 Å². The number of anilines is 1. The molecule has 0 saturated heterocycles. The number of benzene rings is 2. The second-order valence-corrected chi connectivity index (χ2v) is 7.61. The van der Waals surface area contributed by atoms with E-state index in [1.165, 1.54) is 11.3 Å². The van der Waals surface area contributed by atoms with Gasteiger partial charge in [-0.2, -0.15) is 0 Å². The number of nitrogens with zero attached hydrogens (tertiary/aromatic N) is 1. The summed E-state index contributed by atoms with van der Waals surface area (Å²) in [6, 6.07) is 9.52. The maximum atomic E-state index is 12.2. The number of halogens is 1. The molecule has 1 N–H and O–H groups in total. The number of carbonyl (C=O) groups is 1. The molecule has 3 rings (SSSR count). The van der Waals surface area contributed by atoms with E-state index in [1.807, 2.05) is 44.2 Å². The molecule has 0 spiro atoms. The van der Waals surface area contributed by atoms with Gasteiger partial charge in [0.1, 0.15) is 17.0 Å². The van der Waals surface area contributed by atoms with Gasteiger partial charge in [-0.15, -0.1) is 0 Å². The summed E-state index contributed by atoms with van der Waals surface area (Å²) in [6.07, 6.45) is 0.972. The van der Waals surface area contributed by atoms with Crippen LogP contribution in [0.3, 0.4) is 0 Å². The molecular formula is C20H21ClN2O3S. The summed E-state index contributed by atoms with van der Waals surface area (Å²) in [4.78, 5) is 16.6. The number of rotatable bonds is 7. The second-order valence-electron chi connectivity index (χ2n) is 6.20. The Bertz CT molecular complexity index is 948. The zero-order chi connectivity index (χ0) is 19.4. The third-order valence-corrected chi connectivity index (χ3v) is 5.61. The molecule has 0 fully saturated rings. The van der Waals surface area contributed by atoms with E-state index in [-0.39, 0.29) is 5.91 Å². The largest absolute Gasteiger partial charge is 0.494 e. The molecule has 2 aromatic carbocycles. The van der Waals surface area contributed by atoms with Crippen LogP contribution < -0.4 is 14.8 Å². The summed E-state index contributed by atoms with van der Waals surface area (Å²) < 4.78 is 12.0. The Morgan fingerprint density at radius 3 is 2.70 bits per heavy atom. The lowest BCUT2D eigenvalue weighted by molar-refractivity contribution is -0.116. The Labute approximate surface area is 167 Å². The van der Waals surface area contributed by atoms with Crippen molar-refractivity contribution in [3.05, 3.63) is 46.5 Å². The number of hydrogen-bond acceptors (Lipinski definition) is 5. The summed E-state index contributed by atoms with van der Waals surface area (Å²) in [5.41, 5.74) is 2.73. The number of aromatic nitrogens is 1. The molecule has 3 aromatic rings. The molecule has 0 saturated carbocycles. The fourth-order valence-corrected chi connectivity index (χ4v) is 3.74. The highest BCUT2D eigenvalue weighted by Gasteiger charge is 2.11. The van der Waals surface area contributed by atoms with Crippen LogP contribution in [0, 0.1) is 13.8 Å². The predicted octanol–water partition coefficient (Wildman–Crippen LogP) is 5.37. The minimum atomic E-state index is -0.0832. The Morgan fingerprint density at radius 2 is 2.00 bits per heavy atom. The molecule has 0 unspecified atom stereocenters. The number of carbonyl (C=O) groups excluding carboxylic acids is 1. The molecule has 1 amide bonds. The molecule has 0 aliphatic rings. The van der Waals surface area contributed by atoms with E-state index in [0.29, 0.717) is 30.3 Å². The molecule has 0 bridgehead atoms. The number of thiazole rings is 1. The first kappa shape index (κ1) is 19.5. The standard InChI is InChI=1S/C20H21ClN2O3S/c1-12-10-14(11-13(2)18(12)21)26-9-5-8-17(24)22-20-23-19-15(25-3)6-4-7-16(19)27-20/h4,6-7,10-11H,5,8-9H2,1-3H3,(H,22,23,24). The lowest BCUT2D eigenvalue weighted by atomic mass is 10.1. The van der Waals surface area contributed by atoms with E-state index in [1.54, 1.807) is 7.11 Å². The van der Waals surface area contributed by atoms with Crippen LogP contribution >= 0.6 is 22.9 Å². The molecule has 0 aliphatic carbocycles. The van der Waals surface area contributed by atoms with Crippen LogP contribution in [0.4, 0.5) is 5.13 Å². The van der Waals surface area contributed by atoms with E-state index >= 15 is 0 Å². The number of amides is 1.